The maximum absolute atomic E-state index is 11.5. The van der Waals surface area contributed by atoms with E-state index in [1.807, 2.05) is 0 Å². The summed E-state index contributed by atoms with van der Waals surface area (Å²) in [5.41, 5.74) is 0. The Morgan fingerprint density at radius 1 is 1.29 bits per heavy atom. The lowest BCUT2D eigenvalue weighted by molar-refractivity contribution is -0.122. The molecule has 2 N–H and O–H groups in total. The highest BCUT2D eigenvalue weighted by Gasteiger charge is 2.21. The van der Waals surface area contributed by atoms with Crippen LogP contribution in [0, 0.1) is 11.8 Å². The Labute approximate surface area is 109 Å². The van der Waals surface area contributed by atoms with Crippen molar-refractivity contribution in [2.24, 2.45) is 11.8 Å². The molecule has 1 unspecified atom stereocenters. The van der Waals surface area contributed by atoms with Gasteiger partial charge >= 0.3 is 0 Å². The number of rotatable bonds is 7. The molecule has 1 aliphatic carbocycles. The van der Waals surface area contributed by atoms with Crippen molar-refractivity contribution in [3.8, 4) is 0 Å². The van der Waals surface area contributed by atoms with E-state index in [1.54, 1.807) is 0 Å². The van der Waals surface area contributed by atoms with Gasteiger partial charge in [0.15, 0.2) is 0 Å². The molecule has 0 aromatic heterocycles. The molecular weight excluding hydrogens is 240 g/mol. The first-order valence-electron chi connectivity index (χ1n) is 6.40. The van der Waals surface area contributed by atoms with E-state index in [0.29, 0.717) is 25.5 Å². The number of amides is 1. The van der Waals surface area contributed by atoms with Gasteiger partial charge in [0.05, 0.1) is 6.61 Å². The van der Waals surface area contributed by atoms with Crippen molar-refractivity contribution >= 4 is 18.3 Å². The van der Waals surface area contributed by atoms with Gasteiger partial charge in [-0.15, -0.1) is 12.4 Å². The molecule has 5 heteroatoms. The summed E-state index contributed by atoms with van der Waals surface area (Å²) in [4.78, 5) is 11.5. The third kappa shape index (κ3) is 6.24. The molecule has 0 bridgehead atoms. The van der Waals surface area contributed by atoms with Crippen LogP contribution in [0.5, 0.6) is 0 Å². The fourth-order valence-corrected chi connectivity index (χ4v) is 2.02. The lowest BCUT2D eigenvalue weighted by Gasteiger charge is -2.09. The van der Waals surface area contributed by atoms with Crippen LogP contribution in [0.3, 0.4) is 0 Å². The summed E-state index contributed by atoms with van der Waals surface area (Å²) in [6.45, 7) is 4.24. The monoisotopic (exact) mass is 262 g/mol. The predicted octanol–water partition coefficient (Wildman–Crippen LogP) is 0.951. The summed E-state index contributed by atoms with van der Waals surface area (Å²) in [6.07, 6.45) is 4.43. The van der Waals surface area contributed by atoms with E-state index in [-0.39, 0.29) is 18.3 Å². The van der Waals surface area contributed by atoms with E-state index in [4.69, 9.17) is 4.74 Å². The number of carbonyl (C=O) groups excluding carboxylic acids is 1. The predicted molar refractivity (Wildman–Crippen MR) is 69.4 cm³/mol. The molecule has 2 fully saturated rings. The number of ether oxygens (including phenoxy) is 1. The van der Waals surface area contributed by atoms with Crippen LogP contribution >= 0.6 is 12.4 Å². The second-order valence-electron chi connectivity index (χ2n) is 4.93. The summed E-state index contributed by atoms with van der Waals surface area (Å²) in [7, 11) is 0. The Balaban J connectivity index is 0.00000144. The number of carbonyl (C=O) groups is 1. The van der Waals surface area contributed by atoms with Crippen LogP contribution in [0.1, 0.15) is 25.7 Å². The van der Waals surface area contributed by atoms with Crippen LogP contribution in [0.4, 0.5) is 0 Å². The second kappa shape index (κ2) is 7.90. The summed E-state index contributed by atoms with van der Waals surface area (Å²) >= 11 is 0. The van der Waals surface area contributed by atoms with Crippen LogP contribution < -0.4 is 10.6 Å². The quantitative estimate of drug-likeness (QED) is 0.672. The van der Waals surface area contributed by atoms with E-state index in [1.165, 1.54) is 12.8 Å². The molecule has 1 saturated carbocycles. The van der Waals surface area contributed by atoms with Gasteiger partial charge in [0.25, 0.3) is 0 Å². The Hall–Kier alpha value is -0.320. The van der Waals surface area contributed by atoms with Crippen molar-refractivity contribution in [1.29, 1.82) is 0 Å². The minimum atomic E-state index is 0. The average molecular weight is 263 g/mol. The maximum Gasteiger partial charge on any atom is 0.220 e. The Morgan fingerprint density at radius 3 is 2.76 bits per heavy atom. The number of nitrogens with one attached hydrogen (secondary N) is 2. The summed E-state index contributed by atoms with van der Waals surface area (Å²) in [6, 6.07) is 0. The molecule has 2 aliphatic rings. The first-order valence-corrected chi connectivity index (χ1v) is 6.40. The van der Waals surface area contributed by atoms with Crippen molar-refractivity contribution in [3.63, 3.8) is 0 Å². The average Bonchev–Trinajstić information content (AvgIpc) is 2.95. The highest BCUT2D eigenvalue weighted by atomic mass is 35.5. The number of hydrogen-bond acceptors (Lipinski definition) is 3. The number of hydrogen-bond donors (Lipinski definition) is 2. The van der Waals surface area contributed by atoms with Crippen molar-refractivity contribution in [1.82, 2.24) is 10.6 Å². The Bertz CT molecular complexity index is 229. The summed E-state index contributed by atoms with van der Waals surface area (Å²) < 4.78 is 5.45. The molecule has 100 valence electrons. The molecule has 1 saturated heterocycles. The molecule has 0 aromatic rings. The SMILES string of the molecule is Cl.O=C(CC1CCNC1)NCCOCC1CC1. The fourth-order valence-electron chi connectivity index (χ4n) is 2.02. The zero-order valence-corrected chi connectivity index (χ0v) is 11.1. The molecule has 1 heterocycles. The first kappa shape index (κ1) is 14.7. The fraction of sp³-hybridized carbons (Fsp3) is 0.917. The molecule has 17 heavy (non-hydrogen) atoms. The first-order chi connectivity index (χ1) is 7.84. The van der Waals surface area contributed by atoms with E-state index in [9.17, 15) is 4.79 Å². The van der Waals surface area contributed by atoms with Gasteiger partial charge in [0, 0.05) is 19.6 Å². The Kier molecular flexibility index (Phi) is 6.85. The van der Waals surface area contributed by atoms with Crippen LogP contribution in [-0.4, -0.2) is 38.8 Å². The van der Waals surface area contributed by atoms with Gasteiger partial charge in [-0.3, -0.25) is 4.79 Å². The van der Waals surface area contributed by atoms with Crippen LogP contribution in [0.15, 0.2) is 0 Å². The molecule has 2 rings (SSSR count). The maximum atomic E-state index is 11.5. The topological polar surface area (TPSA) is 50.4 Å². The van der Waals surface area contributed by atoms with Gasteiger partial charge in [0.1, 0.15) is 0 Å². The van der Waals surface area contributed by atoms with E-state index >= 15 is 0 Å². The van der Waals surface area contributed by atoms with Gasteiger partial charge in [-0.2, -0.15) is 0 Å². The third-order valence-corrected chi connectivity index (χ3v) is 3.26. The highest BCUT2D eigenvalue weighted by molar-refractivity contribution is 5.85. The summed E-state index contributed by atoms with van der Waals surface area (Å²) in [5, 5.41) is 6.18. The molecule has 0 spiro atoms. The zero-order chi connectivity index (χ0) is 11.2. The molecule has 1 amide bonds. The van der Waals surface area contributed by atoms with Gasteiger partial charge < -0.3 is 15.4 Å². The molecule has 4 nitrogen and oxygen atoms in total. The minimum absolute atomic E-state index is 0. The number of halogens is 1. The standard InChI is InChI=1S/C12H22N2O2.ClH/c15-12(7-11-3-4-13-8-11)14-5-6-16-9-10-1-2-10;/h10-11,13H,1-9H2,(H,14,15);1H. The molecule has 0 radical (unpaired) electrons. The lowest BCUT2D eigenvalue weighted by Crippen LogP contribution is -2.29. The molecule has 1 aliphatic heterocycles. The van der Waals surface area contributed by atoms with E-state index in [2.05, 4.69) is 10.6 Å². The van der Waals surface area contributed by atoms with E-state index < -0.39 is 0 Å². The van der Waals surface area contributed by atoms with Crippen LogP contribution in [0.2, 0.25) is 0 Å². The van der Waals surface area contributed by atoms with Gasteiger partial charge in [0.2, 0.25) is 5.91 Å². The van der Waals surface area contributed by atoms with Crippen molar-refractivity contribution in [3.05, 3.63) is 0 Å². The van der Waals surface area contributed by atoms with Crippen molar-refractivity contribution < 1.29 is 9.53 Å². The third-order valence-electron chi connectivity index (χ3n) is 3.26. The van der Waals surface area contributed by atoms with Crippen molar-refractivity contribution in [2.75, 3.05) is 32.8 Å². The smallest absolute Gasteiger partial charge is 0.220 e. The largest absolute Gasteiger partial charge is 0.379 e. The molecule has 0 aromatic carbocycles. The summed E-state index contributed by atoms with van der Waals surface area (Å²) in [5.74, 6) is 1.51. The van der Waals surface area contributed by atoms with E-state index in [0.717, 1.165) is 32.0 Å². The zero-order valence-electron chi connectivity index (χ0n) is 10.2. The normalized spacial score (nSPS) is 23.2. The minimum Gasteiger partial charge on any atom is -0.379 e. The van der Waals surface area contributed by atoms with Crippen LogP contribution in [0.25, 0.3) is 0 Å². The van der Waals surface area contributed by atoms with Gasteiger partial charge in [-0.1, -0.05) is 0 Å². The van der Waals surface area contributed by atoms with Crippen LogP contribution in [-0.2, 0) is 9.53 Å². The highest BCUT2D eigenvalue weighted by Crippen LogP contribution is 2.28. The Morgan fingerprint density at radius 2 is 2.12 bits per heavy atom. The van der Waals surface area contributed by atoms with Gasteiger partial charge in [-0.25, -0.2) is 0 Å². The molecular formula is C12H23ClN2O2. The van der Waals surface area contributed by atoms with Crippen molar-refractivity contribution in [2.45, 2.75) is 25.7 Å². The van der Waals surface area contributed by atoms with Gasteiger partial charge in [-0.05, 0) is 44.2 Å². The lowest BCUT2D eigenvalue weighted by atomic mass is 10.0. The molecule has 1 atom stereocenters. The second-order valence-corrected chi connectivity index (χ2v) is 4.93.